The van der Waals surface area contributed by atoms with Crippen LogP contribution in [0, 0.1) is 10.1 Å². The lowest BCUT2D eigenvalue weighted by atomic mass is 9.96. The van der Waals surface area contributed by atoms with Crippen LogP contribution >= 0.6 is 0 Å². The van der Waals surface area contributed by atoms with Gasteiger partial charge in [-0.05, 0) is 43.0 Å². The van der Waals surface area contributed by atoms with Gasteiger partial charge in [0, 0.05) is 36.0 Å². The third-order valence-electron chi connectivity index (χ3n) is 5.03. The molecule has 0 saturated carbocycles. The monoisotopic (exact) mass is 395 g/mol. The highest BCUT2D eigenvalue weighted by atomic mass is 16.6. The number of furan rings is 1. The number of nitrogens with zero attached hydrogens (tertiary/aromatic N) is 1. The SMILES string of the molecule is O=C(COc1ccc2oc3c(c2c1)CCCC3)NCc1cc([N+](=O)[O-])ccc1[O-]. The van der Waals surface area contributed by atoms with Crippen molar-refractivity contribution in [1.82, 2.24) is 5.32 Å². The molecular formula is C21H19N2O6-. The topological polar surface area (TPSA) is 118 Å². The van der Waals surface area contributed by atoms with Crippen molar-refractivity contribution < 1.29 is 24.0 Å². The summed E-state index contributed by atoms with van der Waals surface area (Å²) in [5.41, 5.74) is 2.00. The molecule has 0 bridgehead atoms. The number of rotatable bonds is 6. The second-order valence-corrected chi connectivity index (χ2v) is 6.98. The highest BCUT2D eigenvalue weighted by molar-refractivity contribution is 5.84. The number of aryl methyl sites for hydroxylation is 2. The Kier molecular flexibility index (Phi) is 5.07. The Hall–Kier alpha value is -3.55. The fourth-order valence-electron chi connectivity index (χ4n) is 3.54. The number of non-ortho nitro benzene ring substituents is 1. The molecule has 29 heavy (non-hydrogen) atoms. The highest BCUT2D eigenvalue weighted by Crippen LogP contribution is 2.33. The van der Waals surface area contributed by atoms with Gasteiger partial charge in [0.25, 0.3) is 11.6 Å². The number of hydrogen-bond acceptors (Lipinski definition) is 6. The van der Waals surface area contributed by atoms with Gasteiger partial charge in [0.15, 0.2) is 6.61 Å². The second-order valence-electron chi connectivity index (χ2n) is 6.98. The summed E-state index contributed by atoms with van der Waals surface area (Å²) >= 11 is 0. The second kappa shape index (κ2) is 7.83. The molecule has 8 heteroatoms. The van der Waals surface area contributed by atoms with Gasteiger partial charge in [0.1, 0.15) is 17.1 Å². The van der Waals surface area contributed by atoms with Crippen LogP contribution in [-0.2, 0) is 24.2 Å². The molecule has 0 unspecified atom stereocenters. The Morgan fingerprint density at radius 1 is 1.17 bits per heavy atom. The number of benzene rings is 2. The van der Waals surface area contributed by atoms with Crippen molar-refractivity contribution in [2.45, 2.75) is 32.2 Å². The average Bonchev–Trinajstić information content (AvgIpc) is 3.09. The van der Waals surface area contributed by atoms with E-state index in [1.807, 2.05) is 12.1 Å². The van der Waals surface area contributed by atoms with Gasteiger partial charge in [-0.15, -0.1) is 5.75 Å². The zero-order valence-corrected chi connectivity index (χ0v) is 15.6. The molecule has 0 aliphatic heterocycles. The van der Waals surface area contributed by atoms with Crippen LogP contribution in [0.3, 0.4) is 0 Å². The number of nitrogens with one attached hydrogen (secondary N) is 1. The molecule has 150 valence electrons. The number of ether oxygens (including phenoxy) is 1. The van der Waals surface area contributed by atoms with E-state index < -0.39 is 10.8 Å². The van der Waals surface area contributed by atoms with Crippen molar-refractivity contribution in [2.75, 3.05) is 6.61 Å². The summed E-state index contributed by atoms with van der Waals surface area (Å²) < 4.78 is 11.5. The number of hydrogen-bond donors (Lipinski definition) is 1. The Balaban J connectivity index is 1.37. The third kappa shape index (κ3) is 4.01. The lowest BCUT2D eigenvalue weighted by molar-refractivity contribution is -0.385. The fourth-order valence-corrected chi connectivity index (χ4v) is 3.54. The summed E-state index contributed by atoms with van der Waals surface area (Å²) in [6.45, 7) is -0.328. The van der Waals surface area contributed by atoms with Gasteiger partial charge in [-0.3, -0.25) is 14.9 Å². The molecule has 1 aliphatic carbocycles. The molecule has 3 aromatic rings. The maximum atomic E-state index is 12.1. The molecular weight excluding hydrogens is 376 g/mol. The third-order valence-corrected chi connectivity index (χ3v) is 5.03. The lowest BCUT2D eigenvalue weighted by Gasteiger charge is -2.14. The van der Waals surface area contributed by atoms with Crippen molar-refractivity contribution in [3.63, 3.8) is 0 Å². The molecule has 2 aromatic carbocycles. The van der Waals surface area contributed by atoms with E-state index in [1.165, 1.54) is 11.6 Å². The predicted octanol–water partition coefficient (Wildman–Crippen LogP) is 2.99. The van der Waals surface area contributed by atoms with Crippen molar-refractivity contribution >= 4 is 22.6 Å². The largest absolute Gasteiger partial charge is 0.872 e. The Bertz CT molecular complexity index is 1090. The minimum atomic E-state index is -0.585. The van der Waals surface area contributed by atoms with Gasteiger partial charge in [0.05, 0.1) is 4.92 Å². The summed E-state index contributed by atoms with van der Waals surface area (Å²) in [5, 5.41) is 26.2. The zero-order chi connectivity index (χ0) is 20.4. The minimum Gasteiger partial charge on any atom is -0.872 e. The Morgan fingerprint density at radius 2 is 2.00 bits per heavy atom. The van der Waals surface area contributed by atoms with Crippen LogP contribution in [0.1, 0.15) is 29.7 Å². The Labute approximate surface area is 166 Å². The summed E-state index contributed by atoms with van der Waals surface area (Å²) in [7, 11) is 0. The first kappa shape index (κ1) is 18.8. The molecule has 0 atom stereocenters. The standard InChI is InChI=1S/C21H20N2O6/c24-18-7-5-14(23(26)27)9-13(18)11-22-21(25)12-28-15-6-8-20-17(10-15)16-3-1-2-4-19(16)29-20/h5-10,24H,1-4,11-12H2,(H,22,25)/p-1. The van der Waals surface area contributed by atoms with Crippen LogP contribution in [0.5, 0.6) is 11.5 Å². The number of carbonyl (C=O) groups excluding carboxylic acids is 1. The highest BCUT2D eigenvalue weighted by Gasteiger charge is 2.18. The number of nitro groups is 1. The molecule has 1 heterocycles. The van der Waals surface area contributed by atoms with E-state index in [0.717, 1.165) is 54.5 Å². The van der Waals surface area contributed by atoms with E-state index in [1.54, 1.807) is 6.07 Å². The summed E-state index contributed by atoms with van der Waals surface area (Å²) in [5.74, 6) is 0.797. The molecule has 1 N–H and O–H groups in total. The van der Waals surface area contributed by atoms with E-state index in [2.05, 4.69) is 5.32 Å². The van der Waals surface area contributed by atoms with E-state index >= 15 is 0 Å². The number of fused-ring (bicyclic) bond motifs is 3. The number of nitro benzene ring substituents is 1. The van der Waals surface area contributed by atoms with Gasteiger partial charge in [-0.2, -0.15) is 0 Å². The van der Waals surface area contributed by atoms with Gasteiger partial charge in [0.2, 0.25) is 0 Å². The maximum absolute atomic E-state index is 12.1. The van der Waals surface area contributed by atoms with Crippen LogP contribution in [0.15, 0.2) is 40.8 Å². The van der Waals surface area contributed by atoms with Gasteiger partial charge in [-0.25, -0.2) is 0 Å². The fraction of sp³-hybridized carbons (Fsp3) is 0.286. The molecule has 0 spiro atoms. The molecule has 0 saturated heterocycles. The zero-order valence-electron chi connectivity index (χ0n) is 15.6. The maximum Gasteiger partial charge on any atom is 0.269 e. The van der Waals surface area contributed by atoms with Gasteiger partial charge in [-0.1, -0.05) is 6.07 Å². The van der Waals surface area contributed by atoms with Crippen LogP contribution in [-0.4, -0.2) is 17.4 Å². The van der Waals surface area contributed by atoms with E-state index in [9.17, 15) is 20.0 Å². The number of amides is 1. The van der Waals surface area contributed by atoms with Crippen molar-refractivity contribution in [1.29, 1.82) is 0 Å². The van der Waals surface area contributed by atoms with Crippen LogP contribution in [0.4, 0.5) is 5.69 Å². The molecule has 1 aromatic heterocycles. The molecule has 1 aliphatic rings. The van der Waals surface area contributed by atoms with Crippen LogP contribution < -0.4 is 15.2 Å². The smallest absolute Gasteiger partial charge is 0.269 e. The average molecular weight is 395 g/mol. The molecule has 1 amide bonds. The first-order valence-electron chi connectivity index (χ1n) is 9.39. The van der Waals surface area contributed by atoms with Crippen LogP contribution in [0.25, 0.3) is 11.0 Å². The van der Waals surface area contributed by atoms with E-state index in [0.29, 0.717) is 5.75 Å². The molecule has 4 rings (SSSR count). The van der Waals surface area contributed by atoms with Gasteiger partial charge < -0.3 is 19.6 Å². The van der Waals surface area contributed by atoms with Gasteiger partial charge >= 0.3 is 0 Å². The number of carbonyl (C=O) groups is 1. The molecule has 0 fully saturated rings. The Morgan fingerprint density at radius 3 is 2.83 bits per heavy atom. The summed E-state index contributed by atoms with van der Waals surface area (Å²) in [6.07, 6.45) is 4.19. The minimum absolute atomic E-state index is 0.100. The van der Waals surface area contributed by atoms with Crippen molar-refractivity contribution in [3.8, 4) is 11.5 Å². The normalized spacial score (nSPS) is 13.1. The molecule has 0 radical (unpaired) electrons. The summed E-state index contributed by atoms with van der Waals surface area (Å²) in [6, 6.07) is 8.90. The summed E-state index contributed by atoms with van der Waals surface area (Å²) in [4.78, 5) is 22.3. The quantitative estimate of drug-likeness (QED) is 0.506. The van der Waals surface area contributed by atoms with E-state index in [4.69, 9.17) is 9.15 Å². The lowest BCUT2D eigenvalue weighted by Crippen LogP contribution is -2.28. The van der Waals surface area contributed by atoms with Crippen molar-refractivity contribution in [3.05, 3.63) is 63.4 Å². The van der Waals surface area contributed by atoms with Crippen molar-refractivity contribution in [2.24, 2.45) is 0 Å². The predicted molar refractivity (Wildman–Crippen MR) is 103 cm³/mol. The first-order chi connectivity index (χ1) is 14.0. The first-order valence-corrected chi connectivity index (χ1v) is 9.39. The van der Waals surface area contributed by atoms with E-state index in [-0.39, 0.29) is 30.2 Å². The van der Waals surface area contributed by atoms with Crippen LogP contribution in [0.2, 0.25) is 0 Å². The molecule has 8 nitrogen and oxygen atoms in total.